The molecule has 0 spiro atoms. The van der Waals surface area contributed by atoms with Gasteiger partial charge in [-0.15, -0.1) is 0 Å². The molecule has 0 fully saturated rings. The van der Waals surface area contributed by atoms with E-state index in [0.717, 1.165) is 22.4 Å². The van der Waals surface area contributed by atoms with Crippen molar-refractivity contribution in [3.8, 4) is 16.9 Å². The summed E-state index contributed by atoms with van der Waals surface area (Å²) in [7, 11) is 0. The third-order valence-corrected chi connectivity index (χ3v) is 4.55. The van der Waals surface area contributed by atoms with Crippen LogP contribution in [0.2, 0.25) is 0 Å². The standard InChI is InChI=1S/C24H20N4O2/c29-22-11-9-19(10-12-22)18-7-5-17(6-8-18)16-27-23(30)20-3-1-4-21(15-20)28-24-25-13-2-14-26-24/h1-15,29H,16H2,(H,27,30)(H,25,26,28). The van der Waals surface area contributed by atoms with Crippen molar-refractivity contribution in [1.82, 2.24) is 15.3 Å². The monoisotopic (exact) mass is 396 g/mol. The van der Waals surface area contributed by atoms with Gasteiger partial charge < -0.3 is 15.7 Å². The van der Waals surface area contributed by atoms with E-state index in [1.807, 2.05) is 48.5 Å². The lowest BCUT2D eigenvalue weighted by atomic mass is 10.0. The Morgan fingerprint density at radius 1 is 0.833 bits per heavy atom. The molecular formula is C24H20N4O2. The lowest BCUT2D eigenvalue weighted by Crippen LogP contribution is -2.22. The molecule has 0 radical (unpaired) electrons. The minimum absolute atomic E-state index is 0.157. The molecule has 3 aromatic carbocycles. The zero-order chi connectivity index (χ0) is 20.8. The van der Waals surface area contributed by atoms with Gasteiger partial charge >= 0.3 is 0 Å². The lowest BCUT2D eigenvalue weighted by molar-refractivity contribution is 0.0951. The molecule has 1 heterocycles. The van der Waals surface area contributed by atoms with Gasteiger partial charge in [0.2, 0.25) is 5.95 Å². The highest BCUT2D eigenvalue weighted by molar-refractivity contribution is 5.95. The van der Waals surface area contributed by atoms with Crippen LogP contribution in [0.4, 0.5) is 11.6 Å². The second-order valence-corrected chi connectivity index (χ2v) is 6.70. The van der Waals surface area contributed by atoms with E-state index in [9.17, 15) is 9.90 Å². The number of rotatable bonds is 6. The Hall–Kier alpha value is -4.19. The Kier molecular flexibility index (Phi) is 5.66. The van der Waals surface area contributed by atoms with Gasteiger partial charge in [-0.25, -0.2) is 9.97 Å². The topological polar surface area (TPSA) is 87.1 Å². The summed E-state index contributed by atoms with van der Waals surface area (Å²) < 4.78 is 0. The van der Waals surface area contributed by atoms with Crippen LogP contribution in [0.1, 0.15) is 15.9 Å². The average Bonchev–Trinajstić information content (AvgIpc) is 2.79. The SMILES string of the molecule is O=C(NCc1ccc(-c2ccc(O)cc2)cc1)c1cccc(Nc2ncccn2)c1. The van der Waals surface area contributed by atoms with Gasteiger partial charge in [-0.2, -0.15) is 0 Å². The van der Waals surface area contributed by atoms with Crippen molar-refractivity contribution < 1.29 is 9.90 Å². The van der Waals surface area contributed by atoms with Crippen LogP contribution in [0.3, 0.4) is 0 Å². The molecule has 0 saturated carbocycles. The predicted octanol–water partition coefficient (Wildman–Crippen LogP) is 4.52. The smallest absolute Gasteiger partial charge is 0.251 e. The van der Waals surface area contributed by atoms with E-state index in [1.54, 1.807) is 42.7 Å². The number of phenolic OH excluding ortho intramolecular Hbond substituents is 1. The Bertz CT molecular complexity index is 1130. The number of phenols is 1. The number of hydrogen-bond acceptors (Lipinski definition) is 5. The fourth-order valence-corrected chi connectivity index (χ4v) is 2.98. The van der Waals surface area contributed by atoms with Crippen molar-refractivity contribution >= 4 is 17.5 Å². The van der Waals surface area contributed by atoms with Crippen molar-refractivity contribution in [1.29, 1.82) is 0 Å². The Morgan fingerprint density at radius 2 is 1.50 bits per heavy atom. The van der Waals surface area contributed by atoms with Gasteiger partial charge in [0, 0.05) is 30.2 Å². The summed E-state index contributed by atoms with van der Waals surface area (Å²) in [5.74, 6) is 0.563. The van der Waals surface area contributed by atoms with E-state index >= 15 is 0 Å². The van der Waals surface area contributed by atoms with Crippen LogP contribution >= 0.6 is 0 Å². The summed E-state index contributed by atoms with van der Waals surface area (Å²) in [6.45, 7) is 0.425. The van der Waals surface area contributed by atoms with Crippen LogP contribution in [0.5, 0.6) is 5.75 Å². The lowest BCUT2D eigenvalue weighted by Gasteiger charge is -2.09. The quantitative estimate of drug-likeness (QED) is 0.446. The summed E-state index contributed by atoms with van der Waals surface area (Å²) in [5, 5.41) is 15.4. The highest BCUT2D eigenvalue weighted by Gasteiger charge is 2.07. The van der Waals surface area contributed by atoms with Crippen LogP contribution in [0, 0.1) is 0 Å². The number of amides is 1. The molecule has 0 aliphatic carbocycles. The molecule has 148 valence electrons. The molecule has 3 N–H and O–H groups in total. The minimum Gasteiger partial charge on any atom is -0.508 e. The molecule has 0 saturated heterocycles. The predicted molar refractivity (Wildman–Crippen MR) is 116 cm³/mol. The Morgan fingerprint density at radius 3 is 2.20 bits per heavy atom. The van der Waals surface area contributed by atoms with E-state index in [2.05, 4.69) is 20.6 Å². The van der Waals surface area contributed by atoms with Gasteiger partial charge in [-0.1, -0.05) is 42.5 Å². The molecule has 6 nitrogen and oxygen atoms in total. The number of aromatic hydroxyl groups is 1. The van der Waals surface area contributed by atoms with Crippen molar-refractivity contribution in [2.75, 3.05) is 5.32 Å². The Labute approximate surface area is 174 Å². The molecule has 4 rings (SSSR count). The van der Waals surface area contributed by atoms with E-state index in [4.69, 9.17) is 0 Å². The average molecular weight is 396 g/mol. The van der Waals surface area contributed by atoms with Crippen molar-refractivity contribution in [2.24, 2.45) is 0 Å². The molecule has 0 bridgehead atoms. The summed E-state index contributed by atoms with van der Waals surface area (Å²) in [6.07, 6.45) is 3.30. The summed E-state index contributed by atoms with van der Waals surface area (Å²) in [5.41, 5.74) is 4.36. The highest BCUT2D eigenvalue weighted by Crippen LogP contribution is 2.22. The number of carbonyl (C=O) groups excluding carboxylic acids is 1. The molecule has 0 aliphatic rings. The zero-order valence-electron chi connectivity index (χ0n) is 16.1. The molecule has 1 aromatic heterocycles. The van der Waals surface area contributed by atoms with Gasteiger partial charge in [0.05, 0.1) is 0 Å². The number of carbonyl (C=O) groups is 1. The molecule has 30 heavy (non-hydrogen) atoms. The van der Waals surface area contributed by atoms with E-state index in [1.165, 1.54) is 0 Å². The third-order valence-electron chi connectivity index (χ3n) is 4.55. The number of nitrogens with zero attached hydrogens (tertiary/aromatic N) is 2. The van der Waals surface area contributed by atoms with E-state index < -0.39 is 0 Å². The molecule has 1 amide bonds. The van der Waals surface area contributed by atoms with Crippen LogP contribution in [-0.4, -0.2) is 21.0 Å². The maximum absolute atomic E-state index is 12.5. The fraction of sp³-hybridized carbons (Fsp3) is 0.0417. The van der Waals surface area contributed by atoms with Crippen LogP contribution in [-0.2, 0) is 6.54 Å². The van der Waals surface area contributed by atoms with Crippen molar-refractivity contribution in [3.63, 3.8) is 0 Å². The van der Waals surface area contributed by atoms with Gasteiger partial charge in [-0.05, 0) is 53.1 Å². The third kappa shape index (κ3) is 4.80. The van der Waals surface area contributed by atoms with Crippen LogP contribution < -0.4 is 10.6 Å². The van der Waals surface area contributed by atoms with Crippen molar-refractivity contribution in [2.45, 2.75) is 6.54 Å². The number of nitrogens with one attached hydrogen (secondary N) is 2. The number of hydrogen-bond donors (Lipinski definition) is 3. The largest absolute Gasteiger partial charge is 0.508 e. The van der Waals surface area contributed by atoms with Gasteiger partial charge in [0.1, 0.15) is 5.75 Å². The van der Waals surface area contributed by atoms with Gasteiger partial charge in [0.15, 0.2) is 0 Å². The van der Waals surface area contributed by atoms with E-state index in [0.29, 0.717) is 18.1 Å². The van der Waals surface area contributed by atoms with Crippen LogP contribution in [0.15, 0.2) is 91.3 Å². The molecular weight excluding hydrogens is 376 g/mol. The minimum atomic E-state index is -0.157. The number of aromatic nitrogens is 2. The molecule has 6 heteroatoms. The molecule has 4 aromatic rings. The summed E-state index contributed by atoms with van der Waals surface area (Å²) in [6, 6.07) is 24.0. The van der Waals surface area contributed by atoms with Crippen molar-refractivity contribution in [3.05, 3.63) is 102 Å². The molecule has 0 atom stereocenters. The number of anilines is 2. The summed E-state index contributed by atoms with van der Waals surface area (Å²) >= 11 is 0. The first-order valence-corrected chi connectivity index (χ1v) is 9.48. The van der Waals surface area contributed by atoms with Crippen LogP contribution in [0.25, 0.3) is 11.1 Å². The Balaban J connectivity index is 1.37. The molecule has 0 aliphatic heterocycles. The molecule has 0 unspecified atom stereocenters. The zero-order valence-corrected chi connectivity index (χ0v) is 16.1. The second kappa shape index (κ2) is 8.87. The summed E-state index contributed by atoms with van der Waals surface area (Å²) in [4.78, 5) is 20.8. The maximum Gasteiger partial charge on any atom is 0.251 e. The second-order valence-electron chi connectivity index (χ2n) is 6.70. The van der Waals surface area contributed by atoms with Gasteiger partial charge in [0.25, 0.3) is 5.91 Å². The fourth-order valence-electron chi connectivity index (χ4n) is 2.98. The first-order chi connectivity index (χ1) is 14.7. The number of benzene rings is 3. The highest BCUT2D eigenvalue weighted by atomic mass is 16.3. The first kappa shape index (κ1) is 19.1. The first-order valence-electron chi connectivity index (χ1n) is 9.48. The van der Waals surface area contributed by atoms with Gasteiger partial charge in [-0.3, -0.25) is 4.79 Å². The maximum atomic E-state index is 12.5. The van der Waals surface area contributed by atoms with E-state index in [-0.39, 0.29) is 11.7 Å². The normalized spacial score (nSPS) is 10.4.